The highest BCUT2D eigenvalue weighted by molar-refractivity contribution is 14.0. The molecule has 25 heavy (non-hydrogen) atoms. The molecule has 2 aromatic heterocycles. The van der Waals surface area contributed by atoms with Gasteiger partial charge in [0.05, 0.1) is 12.7 Å². The first-order chi connectivity index (χ1) is 11.7. The molecule has 0 amide bonds. The average Bonchev–Trinajstić information content (AvgIpc) is 3.27. The van der Waals surface area contributed by atoms with Crippen LogP contribution in [0.25, 0.3) is 0 Å². The van der Waals surface area contributed by atoms with E-state index in [1.54, 1.807) is 0 Å². The molecule has 1 unspecified atom stereocenters. The van der Waals surface area contributed by atoms with Gasteiger partial charge in [0, 0.05) is 45.2 Å². The van der Waals surface area contributed by atoms with Crippen LogP contribution in [0.5, 0.6) is 0 Å². The van der Waals surface area contributed by atoms with Gasteiger partial charge in [-0.15, -0.1) is 24.0 Å². The number of hydrogen-bond donors (Lipinski definition) is 1. The van der Waals surface area contributed by atoms with Crippen molar-refractivity contribution in [2.24, 2.45) is 12.0 Å². The fourth-order valence-electron chi connectivity index (χ4n) is 3.00. The van der Waals surface area contributed by atoms with Gasteiger partial charge in [0.1, 0.15) is 0 Å². The minimum Gasteiger partial charge on any atom is -0.357 e. The highest BCUT2D eigenvalue weighted by atomic mass is 127. The van der Waals surface area contributed by atoms with Crippen LogP contribution >= 0.6 is 24.0 Å². The Labute approximate surface area is 165 Å². The third kappa shape index (κ3) is 5.16. The van der Waals surface area contributed by atoms with E-state index >= 15 is 0 Å². The van der Waals surface area contributed by atoms with Crippen molar-refractivity contribution in [3.8, 4) is 0 Å². The summed E-state index contributed by atoms with van der Waals surface area (Å²) in [4.78, 5) is 11.3. The van der Waals surface area contributed by atoms with Crippen LogP contribution < -0.4 is 5.32 Å². The lowest BCUT2D eigenvalue weighted by Crippen LogP contribution is -2.40. The molecule has 1 fully saturated rings. The van der Waals surface area contributed by atoms with Crippen LogP contribution in [0.3, 0.4) is 0 Å². The van der Waals surface area contributed by atoms with Crippen LogP contribution in [0.2, 0.25) is 0 Å². The number of rotatable bonds is 5. The van der Waals surface area contributed by atoms with E-state index in [1.807, 2.05) is 24.9 Å². The smallest absolute Gasteiger partial charge is 0.228 e. The van der Waals surface area contributed by atoms with E-state index in [9.17, 15) is 0 Å². The molecule has 1 atom stereocenters. The van der Waals surface area contributed by atoms with Gasteiger partial charge >= 0.3 is 0 Å². The third-order valence-corrected chi connectivity index (χ3v) is 4.18. The number of aromatic nitrogens is 4. The van der Waals surface area contributed by atoms with Gasteiger partial charge in [0.25, 0.3) is 0 Å². The summed E-state index contributed by atoms with van der Waals surface area (Å²) >= 11 is 0. The van der Waals surface area contributed by atoms with Crippen molar-refractivity contribution >= 4 is 29.9 Å². The number of hydrogen-bond acceptors (Lipinski definition) is 5. The summed E-state index contributed by atoms with van der Waals surface area (Å²) in [6.45, 7) is 7.38. The number of aryl methyl sites for hydroxylation is 2. The van der Waals surface area contributed by atoms with Crippen molar-refractivity contribution in [3.63, 3.8) is 0 Å². The zero-order chi connectivity index (χ0) is 16.9. The Morgan fingerprint density at radius 3 is 2.96 bits per heavy atom. The van der Waals surface area contributed by atoms with E-state index in [0.717, 1.165) is 32.0 Å². The highest BCUT2D eigenvalue weighted by Gasteiger charge is 2.26. The van der Waals surface area contributed by atoms with Gasteiger partial charge in [0.15, 0.2) is 11.8 Å². The van der Waals surface area contributed by atoms with E-state index in [1.165, 1.54) is 5.56 Å². The molecule has 0 bridgehead atoms. The fourth-order valence-corrected chi connectivity index (χ4v) is 3.00. The third-order valence-electron chi connectivity index (χ3n) is 4.18. The quantitative estimate of drug-likeness (QED) is 0.417. The second kappa shape index (κ2) is 9.16. The maximum Gasteiger partial charge on any atom is 0.228 e. The van der Waals surface area contributed by atoms with E-state index in [4.69, 9.17) is 9.52 Å². The summed E-state index contributed by atoms with van der Waals surface area (Å²) in [6, 6.07) is 0. The fraction of sp³-hybridized carbons (Fsp3) is 0.625. The number of nitrogens with zero attached hydrogens (tertiary/aromatic N) is 6. The summed E-state index contributed by atoms with van der Waals surface area (Å²) in [5.41, 5.74) is 1.30. The molecule has 138 valence electrons. The maximum atomic E-state index is 5.14. The predicted molar refractivity (Wildman–Crippen MR) is 106 cm³/mol. The molecule has 3 heterocycles. The Kier molecular flexibility index (Phi) is 7.21. The Morgan fingerprint density at radius 2 is 2.32 bits per heavy atom. The Morgan fingerprint density at radius 1 is 1.48 bits per heavy atom. The Balaban J connectivity index is 0.00000225. The minimum absolute atomic E-state index is 0. The lowest BCUT2D eigenvalue weighted by atomic mass is 10.0. The van der Waals surface area contributed by atoms with Gasteiger partial charge in [-0.25, -0.2) is 0 Å². The van der Waals surface area contributed by atoms with Gasteiger partial charge in [-0.05, 0) is 25.8 Å². The maximum absolute atomic E-state index is 5.14. The molecule has 1 aliphatic heterocycles. The van der Waals surface area contributed by atoms with E-state index in [2.05, 4.69) is 38.6 Å². The number of nitrogens with one attached hydrogen (secondary N) is 1. The Hall–Kier alpha value is -1.65. The summed E-state index contributed by atoms with van der Waals surface area (Å²) in [6.07, 6.45) is 5.86. The van der Waals surface area contributed by atoms with E-state index < -0.39 is 0 Å². The van der Waals surface area contributed by atoms with Crippen LogP contribution in [0.4, 0.5) is 0 Å². The summed E-state index contributed by atoms with van der Waals surface area (Å²) in [5.74, 6) is 2.78. The molecule has 0 aromatic carbocycles. The topological polar surface area (TPSA) is 84.4 Å². The van der Waals surface area contributed by atoms with Crippen LogP contribution in [-0.2, 0) is 13.5 Å². The van der Waals surface area contributed by atoms with Crippen molar-refractivity contribution < 1.29 is 4.52 Å². The van der Waals surface area contributed by atoms with Crippen molar-refractivity contribution in [2.75, 3.05) is 26.2 Å². The molecule has 8 nitrogen and oxygen atoms in total. The molecule has 0 aliphatic carbocycles. The molecule has 0 spiro atoms. The molecule has 3 rings (SSSR count). The first-order valence-corrected chi connectivity index (χ1v) is 8.46. The van der Waals surface area contributed by atoms with E-state index in [-0.39, 0.29) is 24.0 Å². The first kappa shape index (κ1) is 19.7. The lowest BCUT2D eigenvalue weighted by molar-refractivity contribution is 0.375. The van der Waals surface area contributed by atoms with Crippen molar-refractivity contribution in [3.05, 3.63) is 29.7 Å². The van der Waals surface area contributed by atoms with Crippen LogP contribution in [0, 0.1) is 6.92 Å². The monoisotopic (exact) mass is 459 g/mol. The van der Waals surface area contributed by atoms with Crippen molar-refractivity contribution in [1.82, 2.24) is 30.1 Å². The van der Waals surface area contributed by atoms with Gasteiger partial charge in [-0.2, -0.15) is 10.1 Å². The zero-order valence-electron chi connectivity index (χ0n) is 15.0. The Bertz CT molecular complexity index is 696. The molecule has 1 aliphatic rings. The normalized spacial score (nSPS) is 17.6. The average molecular weight is 459 g/mol. The SMILES string of the molecule is CCNC(=NCCc1nc(C)no1)N1CCC(c2cnn(C)c2)C1.I. The second-order valence-corrected chi connectivity index (χ2v) is 6.10. The summed E-state index contributed by atoms with van der Waals surface area (Å²) < 4.78 is 7.00. The summed E-state index contributed by atoms with van der Waals surface area (Å²) in [5, 5.41) is 11.5. The number of guanidine groups is 1. The molecular weight excluding hydrogens is 433 g/mol. The lowest BCUT2D eigenvalue weighted by Gasteiger charge is -2.21. The molecule has 0 saturated carbocycles. The largest absolute Gasteiger partial charge is 0.357 e. The molecule has 1 N–H and O–H groups in total. The van der Waals surface area contributed by atoms with Gasteiger partial charge < -0.3 is 14.7 Å². The van der Waals surface area contributed by atoms with Crippen molar-refractivity contribution in [2.45, 2.75) is 32.6 Å². The molecular formula is C16H26IN7O. The number of likely N-dealkylation sites (tertiary alicyclic amines) is 1. The predicted octanol–water partition coefficient (Wildman–Crippen LogP) is 1.73. The standard InChI is InChI=1S/C16H25N7O.HI/c1-4-17-16(18-7-5-15-20-12(2)21-24-15)23-8-6-13(11-23)14-9-19-22(3)10-14;/h9-10,13H,4-8,11H2,1-3H3,(H,17,18);1H. The summed E-state index contributed by atoms with van der Waals surface area (Å²) in [7, 11) is 1.96. The minimum atomic E-state index is 0. The molecule has 1 saturated heterocycles. The van der Waals surface area contributed by atoms with E-state index in [0.29, 0.717) is 30.6 Å². The molecule has 9 heteroatoms. The van der Waals surface area contributed by atoms with Gasteiger partial charge in [-0.3, -0.25) is 9.67 Å². The highest BCUT2D eigenvalue weighted by Crippen LogP contribution is 2.26. The molecule has 0 radical (unpaired) electrons. The first-order valence-electron chi connectivity index (χ1n) is 8.46. The van der Waals surface area contributed by atoms with Crippen LogP contribution in [-0.4, -0.2) is 57.0 Å². The van der Waals surface area contributed by atoms with Gasteiger partial charge in [-0.1, -0.05) is 5.16 Å². The molecule has 2 aromatic rings. The second-order valence-electron chi connectivity index (χ2n) is 6.10. The van der Waals surface area contributed by atoms with Crippen molar-refractivity contribution in [1.29, 1.82) is 0 Å². The van der Waals surface area contributed by atoms with Gasteiger partial charge in [0.2, 0.25) is 5.89 Å². The zero-order valence-corrected chi connectivity index (χ0v) is 17.3. The van der Waals surface area contributed by atoms with Crippen LogP contribution in [0.15, 0.2) is 21.9 Å². The number of halogens is 1. The number of aliphatic imine (C=N–C) groups is 1. The van der Waals surface area contributed by atoms with Crippen LogP contribution in [0.1, 0.15) is 36.5 Å².